The van der Waals surface area contributed by atoms with Gasteiger partial charge in [0.25, 0.3) is 0 Å². The van der Waals surface area contributed by atoms with Gasteiger partial charge in [0.1, 0.15) is 0 Å². The minimum absolute atomic E-state index is 0.219. The molecule has 2 aromatic heterocycles. The van der Waals surface area contributed by atoms with Gasteiger partial charge in [-0.3, -0.25) is 4.98 Å². The molecule has 22 rings (SSSR count). The topological polar surface area (TPSA) is 17.8 Å². The van der Waals surface area contributed by atoms with E-state index in [0.29, 0.717) is 0 Å². The van der Waals surface area contributed by atoms with Crippen LogP contribution in [0.3, 0.4) is 0 Å². The summed E-state index contributed by atoms with van der Waals surface area (Å²) in [5, 5.41) is 15.6. The maximum Gasteiger partial charge on any atom is 0.0725 e. The Morgan fingerprint density at radius 1 is 0.229 bits per heavy atom. The van der Waals surface area contributed by atoms with E-state index in [-0.39, 0.29) is 5.41 Å². The van der Waals surface area contributed by atoms with Gasteiger partial charge in [0.15, 0.2) is 0 Å². The normalized spacial score (nSPS) is 12.1. The molecule has 0 bridgehead atoms. The van der Waals surface area contributed by atoms with E-state index < -0.39 is 0 Å². The summed E-state index contributed by atoms with van der Waals surface area (Å²) in [6.07, 6.45) is 3.71. The fourth-order valence-corrected chi connectivity index (χ4v) is 18.2. The van der Waals surface area contributed by atoms with Crippen LogP contribution in [0.1, 0.15) is 22.3 Å². The number of fused-ring (bicyclic) bond motifs is 22. The lowest BCUT2D eigenvalue weighted by atomic mass is 9.70. The molecule has 19 aromatic rings. The van der Waals surface area contributed by atoms with E-state index in [1.54, 1.807) is 6.20 Å². The summed E-state index contributed by atoms with van der Waals surface area (Å²) in [5.74, 6) is 0. The van der Waals surface area contributed by atoms with Crippen LogP contribution in [0.4, 0.5) is 0 Å². The predicted molar refractivity (Wildman–Crippen MR) is 462 cm³/mol. The minimum Gasteiger partial charge on any atom is -0.309 e. The number of nitrogens with zero attached hydrogens (tertiary/aromatic N) is 2. The van der Waals surface area contributed by atoms with Crippen LogP contribution >= 0.6 is 79.6 Å². The summed E-state index contributed by atoms with van der Waals surface area (Å²) >= 11 is 18.0. The van der Waals surface area contributed by atoms with Crippen molar-refractivity contribution >= 4 is 155 Å². The molecule has 0 unspecified atom stereocenters. The lowest BCUT2D eigenvalue weighted by Gasteiger charge is -2.30. The Kier molecular flexibility index (Phi) is 17.8. The molecule has 0 atom stereocenters. The maximum atomic E-state index is 4.27. The van der Waals surface area contributed by atoms with Crippen molar-refractivity contribution < 1.29 is 0 Å². The van der Waals surface area contributed by atoms with Gasteiger partial charge in [-0.15, -0.1) is 0 Å². The molecule has 0 N–H and O–H groups in total. The van der Waals surface area contributed by atoms with Gasteiger partial charge in [-0.25, -0.2) is 0 Å². The summed E-state index contributed by atoms with van der Waals surface area (Å²) in [6, 6.07) is 128. The Bertz CT molecular complexity index is 6490. The average Bonchev–Trinajstić information content (AvgIpc) is 1.51. The lowest BCUT2D eigenvalue weighted by molar-refractivity contribution is 0.793. The minimum atomic E-state index is -0.219. The molecular formula is C98H61Br5N2. The van der Waals surface area contributed by atoms with Crippen molar-refractivity contribution in [3.8, 4) is 72.4 Å². The summed E-state index contributed by atoms with van der Waals surface area (Å²) in [5.41, 5.74) is 24.5. The number of hydrogen-bond donors (Lipinski definition) is 0. The van der Waals surface area contributed by atoms with Crippen LogP contribution in [0.5, 0.6) is 0 Å². The van der Waals surface area contributed by atoms with E-state index in [1.807, 2.05) is 12.3 Å². The molecular weight excluding hydrogens is 1600 g/mol. The molecule has 498 valence electrons. The highest BCUT2D eigenvalue weighted by Gasteiger charge is 2.51. The third-order valence-electron chi connectivity index (χ3n) is 20.8. The van der Waals surface area contributed by atoms with Crippen LogP contribution in [-0.4, -0.2) is 9.55 Å². The highest BCUT2D eigenvalue weighted by Crippen LogP contribution is 2.63. The van der Waals surface area contributed by atoms with E-state index in [9.17, 15) is 0 Å². The molecule has 0 aliphatic heterocycles. The molecule has 3 aliphatic carbocycles. The highest BCUT2D eigenvalue weighted by molar-refractivity contribution is 9.11. The maximum absolute atomic E-state index is 4.27. The smallest absolute Gasteiger partial charge is 0.0725 e. The van der Waals surface area contributed by atoms with Crippen LogP contribution in [0.2, 0.25) is 0 Å². The fraction of sp³-hybridized carbons (Fsp3) is 0.0102. The number of hydrogen-bond acceptors (Lipinski definition) is 1. The van der Waals surface area contributed by atoms with E-state index in [0.717, 1.165) is 33.5 Å². The number of pyridine rings is 1. The molecule has 105 heavy (non-hydrogen) atoms. The predicted octanol–water partition coefficient (Wildman–Crippen LogP) is 29.8. The molecule has 0 amide bonds. The number of halogens is 5. The van der Waals surface area contributed by atoms with Gasteiger partial charge < -0.3 is 4.57 Å². The SMILES string of the molecule is Brc1cc(-c2cccnc2)cc(-c2cc3ccccc3c3ccccc23)c1.Brc1ccc(-n2c3ccccc3c3ccccc32)cc1.Brc1ccc2c(c1)-c1cccc3cccc-2c13.Brc1ccc2c(c1)C1(c3ccccc3-c3ccccc31)c1ccccc1-2.Brc1ccc2c(ccc3ccccc32)c1. The Balaban J connectivity index is 0.0000000948. The third kappa shape index (κ3) is 12.0. The lowest BCUT2D eigenvalue weighted by Crippen LogP contribution is -2.25. The summed E-state index contributed by atoms with van der Waals surface area (Å²) in [4.78, 5) is 4.27. The van der Waals surface area contributed by atoms with Gasteiger partial charge in [-0.05, 0) is 240 Å². The second-order valence-corrected chi connectivity index (χ2v) is 31.2. The van der Waals surface area contributed by atoms with Gasteiger partial charge in [0, 0.05) is 56.8 Å². The second kappa shape index (κ2) is 28.1. The summed E-state index contributed by atoms with van der Waals surface area (Å²) in [7, 11) is 0. The van der Waals surface area contributed by atoms with Crippen LogP contribution in [-0.2, 0) is 5.41 Å². The van der Waals surface area contributed by atoms with E-state index in [2.05, 4.69) is 441 Å². The number of aromatic nitrogens is 2. The zero-order valence-electron chi connectivity index (χ0n) is 56.5. The van der Waals surface area contributed by atoms with Crippen molar-refractivity contribution in [3.63, 3.8) is 0 Å². The van der Waals surface area contributed by atoms with Crippen molar-refractivity contribution in [1.29, 1.82) is 0 Å². The molecule has 17 aromatic carbocycles. The zero-order valence-corrected chi connectivity index (χ0v) is 64.4. The largest absolute Gasteiger partial charge is 0.309 e. The van der Waals surface area contributed by atoms with Gasteiger partial charge in [-0.1, -0.05) is 334 Å². The van der Waals surface area contributed by atoms with E-state index in [1.165, 1.54) is 159 Å². The third-order valence-corrected chi connectivity index (χ3v) is 23.2. The van der Waals surface area contributed by atoms with E-state index in [4.69, 9.17) is 0 Å². The first kappa shape index (κ1) is 66.3. The highest BCUT2D eigenvalue weighted by atomic mass is 79.9. The van der Waals surface area contributed by atoms with Crippen molar-refractivity contribution in [3.05, 3.63) is 415 Å². The molecule has 0 fully saturated rings. The van der Waals surface area contributed by atoms with Crippen LogP contribution in [0, 0.1) is 0 Å². The first-order chi connectivity index (χ1) is 51.6. The van der Waals surface area contributed by atoms with Gasteiger partial charge in [0.05, 0.1) is 16.4 Å². The van der Waals surface area contributed by atoms with Gasteiger partial charge >= 0.3 is 0 Å². The van der Waals surface area contributed by atoms with Gasteiger partial charge in [-0.2, -0.15) is 0 Å². The Labute approximate surface area is 651 Å². The quantitative estimate of drug-likeness (QED) is 0.161. The molecule has 7 heteroatoms. The molecule has 2 heterocycles. The number of rotatable bonds is 3. The number of benzene rings is 17. The van der Waals surface area contributed by atoms with Gasteiger partial charge in [0.2, 0.25) is 0 Å². The summed E-state index contributed by atoms with van der Waals surface area (Å²) < 4.78 is 7.88. The first-order valence-electron chi connectivity index (χ1n) is 35.0. The fourth-order valence-electron chi connectivity index (χ4n) is 16.3. The molecule has 3 aliphatic rings. The summed E-state index contributed by atoms with van der Waals surface area (Å²) in [6.45, 7) is 0. The van der Waals surface area contributed by atoms with Crippen molar-refractivity contribution in [2.45, 2.75) is 5.41 Å². The Morgan fingerprint density at radius 3 is 1.33 bits per heavy atom. The number of para-hydroxylation sites is 2. The Hall–Kier alpha value is -10.6. The van der Waals surface area contributed by atoms with Crippen LogP contribution in [0.15, 0.2) is 393 Å². The van der Waals surface area contributed by atoms with Crippen molar-refractivity contribution in [2.24, 2.45) is 0 Å². The zero-order chi connectivity index (χ0) is 70.7. The first-order valence-corrected chi connectivity index (χ1v) is 39.0. The average molecular weight is 1670 g/mol. The molecule has 1 spiro atoms. The van der Waals surface area contributed by atoms with Crippen LogP contribution < -0.4 is 0 Å². The van der Waals surface area contributed by atoms with Crippen molar-refractivity contribution in [2.75, 3.05) is 0 Å². The molecule has 0 radical (unpaired) electrons. The monoisotopic (exact) mass is 1660 g/mol. The molecule has 2 nitrogen and oxygen atoms in total. The second-order valence-electron chi connectivity index (χ2n) is 26.6. The Morgan fingerprint density at radius 2 is 0.686 bits per heavy atom. The molecule has 0 saturated heterocycles. The van der Waals surface area contributed by atoms with E-state index >= 15 is 0 Å². The van der Waals surface area contributed by atoms with Crippen LogP contribution in [0.25, 0.3) is 148 Å². The van der Waals surface area contributed by atoms with Crippen molar-refractivity contribution in [1.82, 2.24) is 9.55 Å². The molecule has 0 saturated carbocycles. The standard InChI is InChI=1S/C25H16BrN.C25H15Br.C18H12BrN.C16H9Br.C14H9Br/c26-21-13-19(18-7-5-11-27-16-18)12-20(14-21)25-15-17-6-1-2-8-22(17)23-9-3-4-10-24(23)25;26-16-13-14-20-19-9-3-6-12-23(19)25(24(20)15-16)21-10-4-1-7-17(21)18-8-2-5-11-22(18)25;19-13-9-11-14(12-10-13)20-17-7-3-1-5-15(17)16-6-2-4-8-18(16)20;17-11-7-8-12-13-5-1-3-10-4-2-6-14(16(10)13)15(12)9-11;15-12-7-8-14-11(9-12)6-5-10-3-1-2-4-13(10)14/h1-16H;1-15H;1-12H;1-9H;1-9H.